The quantitative estimate of drug-likeness (QED) is 0.824. The smallest absolute Gasteiger partial charge is 0.234 e. The van der Waals surface area contributed by atoms with Crippen LogP contribution in [0.3, 0.4) is 0 Å². The molecule has 1 fully saturated rings. The lowest BCUT2D eigenvalue weighted by Crippen LogP contribution is -2.36. The largest absolute Gasteiger partial charge is 0.473 e. The van der Waals surface area contributed by atoms with Crippen LogP contribution >= 0.6 is 0 Å². The lowest BCUT2D eigenvalue weighted by atomic mass is 10.2. The fourth-order valence-electron chi connectivity index (χ4n) is 2.72. The number of hydrogen-bond acceptors (Lipinski definition) is 4. The summed E-state index contributed by atoms with van der Waals surface area (Å²) in [6.45, 7) is 2.28. The third kappa shape index (κ3) is 4.76. The van der Waals surface area contributed by atoms with Gasteiger partial charge >= 0.3 is 0 Å². The molecule has 1 N–H and O–H groups in total. The minimum absolute atomic E-state index is 0.0108. The Hall–Kier alpha value is -2.47. The zero-order chi connectivity index (χ0) is 16.8. The normalized spacial score (nSPS) is 17.6. The van der Waals surface area contributed by atoms with Crippen LogP contribution in [-0.4, -0.2) is 41.5 Å². The second kappa shape index (κ2) is 7.88. The van der Waals surface area contributed by atoms with Gasteiger partial charge in [0.1, 0.15) is 6.10 Å². The maximum Gasteiger partial charge on any atom is 0.234 e. The van der Waals surface area contributed by atoms with E-state index in [0.29, 0.717) is 19.6 Å². The summed E-state index contributed by atoms with van der Waals surface area (Å²) in [7, 11) is 0. The van der Waals surface area contributed by atoms with Crippen LogP contribution < -0.4 is 10.1 Å². The van der Waals surface area contributed by atoms with E-state index in [1.165, 1.54) is 6.07 Å². The van der Waals surface area contributed by atoms with Crippen molar-refractivity contribution >= 4 is 5.91 Å². The van der Waals surface area contributed by atoms with E-state index in [-0.39, 0.29) is 17.9 Å². The summed E-state index contributed by atoms with van der Waals surface area (Å²) in [5.74, 6) is -0.276. The molecule has 0 spiro atoms. The Balaban J connectivity index is 1.41. The molecule has 1 unspecified atom stereocenters. The first-order valence-corrected chi connectivity index (χ1v) is 8.01. The van der Waals surface area contributed by atoms with Crippen molar-refractivity contribution in [3.05, 3.63) is 60.0 Å². The minimum atomic E-state index is -0.553. The summed E-state index contributed by atoms with van der Waals surface area (Å²) in [5, 5.41) is 2.91. The molecule has 2 heterocycles. The van der Waals surface area contributed by atoms with Crippen molar-refractivity contribution in [2.24, 2.45) is 0 Å². The Bertz CT molecular complexity index is 681. The lowest BCUT2D eigenvalue weighted by Gasteiger charge is -2.16. The zero-order valence-corrected chi connectivity index (χ0v) is 13.3. The van der Waals surface area contributed by atoms with E-state index in [4.69, 9.17) is 4.74 Å². The van der Waals surface area contributed by atoms with Gasteiger partial charge in [0.25, 0.3) is 0 Å². The Morgan fingerprint density at radius 3 is 2.88 bits per heavy atom. The number of aromatic nitrogens is 1. The van der Waals surface area contributed by atoms with E-state index in [0.717, 1.165) is 18.5 Å². The molecule has 0 aliphatic carbocycles. The second-order valence-corrected chi connectivity index (χ2v) is 5.82. The van der Waals surface area contributed by atoms with Crippen molar-refractivity contribution in [1.82, 2.24) is 15.2 Å². The Labute approximate surface area is 140 Å². The molecule has 126 valence electrons. The monoisotopic (exact) mass is 329 g/mol. The maximum absolute atomic E-state index is 13.1. The second-order valence-electron chi connectivity index (χ2n) is 5.82. The van der Waals surface area contributed by atoms with E-state index in [1.807, 2.05) is 35.2 Å². The van der Waals surface area contributed by atoms with E-state index < -0.39 is 5.95 Å². The van der Waals surface area contributed by atoms with Gasteiger partial charge in [-0.15, -0.1) is 0 Å². The summed E-state index contributed by atoms with van der Waals surface area (Å²) in [6, 6.07) is 14.3. The molecule has 2 aromatic rings. The van der Waals surface area contributed by atoms with Gasteiger partial charge in [0.15, 0.2) is 0 Å². The van der Waals surface area contributed by atoms with Gasteiger partial charge in [0, 0.05) is 25.7 Å². The van der Waals surface area contributed by atoms with Crippen molar-refractivity contribution in [1.29, 1.82) is 0 Å². The van der Waals surface area contributed by atoms with Gasteiger partial charge in [-0.1, -0.05) is 36.4 Å². The SMILES string of the molecule is O=C(CN1CCC(Oc2cccc(F)n2)C1)NCc1ccccc1. The van der Waals surface area contributed by atoms with Gasteiger partial charge in [-0.3, -0.25) is 9.69 Å². The van der Waals surface area contributed by atoms with Crippen LogP contribution in [0.5, 0.6) is 5.88 Å². The molecule has 1 aromatic heterocycles. The highest BCUT2D eigenvalue weighted by Crippen LogP contribution is 2.16. The molecule has 0 radical (unpaired) electrons. The van der Waals surface area contributed by atoms with Gasteiger partial charge < -0.3 is 10.1 Å². The van der Waals surface area contributed by atoms with Crippen molar-refractivity contribution in [2.75, 3.05) is 19.6 Å². The van der Waals surface area contributed by atoms with E-state index in [1.54, 1.807) is 12.1 Å². The standard InChI is InChI=1S/C18H20FN3O2/c19-16-7-4-8-18(21-16)24-15-9-10-22(12-15)13-17(23)20-11-14-5-2-1-3-6-14/h1-8,15H,9-13H2,(H,20,23). The number of amides is 1. The summed E-state index contributed by atoms with van der Waals surface area (Å²) >= 11 is 0. The van der Waals surface area contributed by atoms with Crippen LogP contribution in [0.15, 0.2) is 48.5 Å². The minimum Gasteiger partial charge on any atom is -0.473 e. The van der Waals surface area contributed by atoms with Gasteiger partial charge in [0.2, 0.25) is 17.7 Å². The zero-order valence-electron chi connectivity index (χ0n) is 13.3. The first-order valence-electron chi connectivity index (χ1n) is 8.01. The predicted octanol–water partition coefficient (Wildman–Crippen LogP) is 1.99. The molecule has 0 saturated carbocycles. The highest BCUT2D eigenvalue weighted by Gasteiger charge is 2.25. The molecule has 1 atom stereocenters. The Morgan fingerprint density at radius 1 is 1.25 bits per heavy atom. The Morgan fingerprint density at radius 2 is 2.08 bits per heavy atom. The van der Waals surface area contributed by atoms with Crippen LogP contribution in [0, 0.1) is 5.95 Å². The number of rotatable bonds is 6. The molecule has 0 bridgehead atoms. The van der Waals surface area contributed by atoms with Crippen LogP contribution in [-0.2, 0) is 11.3 Å². The number of hydrogen-bond donors (Lipinski definition) is 1. The predicted molar refractivity (Wildman–Crippen MR) is 88.0 cm³/mol. The summed E-state index contributed by atoms with van der Waals surface area (Å²) in [5.41, 5.74) is 1.07. The molecule has 1 saturated heterocycles. The molecule has 6 heteroatoms. The molecule has 3 rings (SSSR count). The van der Waals surface area contributed by atoms with Crippen molar-refractivity contribution in [3.8, 4) is 5.88 Å². The number of benzene rings is 1. The first kappa shape index (κ1) is 16.4. The van der Waals surface area contributed by atoms with Crippen molar-refractivity contribution < 1.29 is 13.9 Å². The molecular weight excluding hydrogens is 309 g/mol. The highest BCUT2D eigenvalue weighted by atomic mass is 19.1. The summed E-state index contributed by atoms with van der Waals surface area (Å²) in [6.07, 6.45) is 0.727. The molecule has 1 aromatic carbocycles. The lowest BCUT2D eigenvalue weighted by molar-refractivity contribution is -0.122. The fraction of sp³-hybridized carbons (Fsp3) is 0.333. The van der Waals surface area contributed by atoms with Crippen molar-refractivity contribution in [2.45, 2.75) is 19.1 Å². The van der Waals surface area contributed by atoms with Crippen LogP contribution in [0.4, 0.5) is 4.39 Å². The van der Waals surface area contributed by atoms with Crippen LogP contribution in [0.1, 0.15) is 12.0 Å². The van der Waals surface area contributed by atoms with Gasteiger partial charge in [-0.05, 0) is 18.1 Å². The number of carbonyl (C=O) groups excluding carboxylic acids is 1. The first-order chi connectivity index (χ1) is 11.7. The number of pyridine rings is 1. The maximum atomic E-state index is 13.1. The van der Waals surface area contributed by atoms with Gasteiger partial charge in [-0.2, -0.15) is 9.37 Å². The topological polar surface area (TPSA) is 54.5 Å². The molecule has 1 amide bonds. The average Bonchev–Trinajstić information content (AvgIpc) is 3.01. The molecule has 1 aliphatic rings. The number of nitrogens with zero attached hydrogens (tertiary/aromatic N) is 2. The summed E-state index contributed by atoms with van der Waals surface area (Å²) in [4.78, 5) is 17.8. The van der Waals surface area contributed by atoms with E-state index in [2.05, 4.69) is 10.3 Å². The third-order valence-corrected chi connectivity index (χ3v) is 3.91. The Kier molecular flexibility index (Phi) is 5.38. The van der Waals surface area contributed by atoms with E-state index in [9.17, 15) is 9.18 Å². The van der Waals surface area contributed by atoms with Gasteiger partial charge in [0.05, 0.1) is 6.54 Å². The fourth-order valence-corrected chi connectivity index (χ4v) is 2.72. The van der Waals surface area contributed by atoms with Gasteiger partial charge in [-0.25, -0.2) is 0 Å². The molecule has 24 heavy (non-hydrogen) atoms. The van der Waals surface area contributed by atoms with Crippen LogP contribution in [0.2, 0.25) is 0 Å². The average molecular weight is 329 g/mol. The number of carbonyl (C=O) groups is 1. The number of nitrogens with one attached hydrogen (secondary N) is 1. The van der Waals surface area contributed by atoms with Crippen LogP contribution in [0.25, 0.3) is 0 Å². The van der Waals surface area contributed by atoms with Crippen molar-refractivity contribution in [3.63, 3.8) is 0 Å². The number of ether oxygens (including phenoxy) is 1. The number of halogens is 1. The highest BCUT2D eigenvalue weighted by molar-refractivity contribution is 5.78. The molecule has 1 aliphatic heterocycles. The number of likely N-dealkylation sites (tertiary alicyclic amines) is 1. The summed E-state index contributed by atoms with van der Waals surface area (Å²) < 4.78 is 18.7. The molecular formula is C18H20FN3O2. The third-order valence-electron chi connectivity index (χ3n) is 3.91. The molecule has 5 nitrogen and oxygen atoms in total. The van der Waals surface area contributed by atoms with E-state index >= 15 is 0 Å².